The maximum atomic E-state index is 12.7. The lowest BCUT2D eigenvalue weighted by atomic mass is 10.0. The van der Waals surface area contributed by atoms with Gasteiger partial charge in [-0.15, -0.1) is 0 Å². The van der Waals surface area contributed by atoms with Crippen LogP contribution in [0.5, 0.6) is 0 Å². The second kappa shape index (κ2) is 10.7. The van der Waals surface area contributed by atoms with Gasteiger partial charge in [0.25, 0.3) is 0 Å². The first-order valence-electron chi connectivity index (χ1n) is 11.4. The van der Waals surface area contributed by atoms with Crippen molar-refractivity contribution in [2.45, 2.75) is 18.5 Å². The van der Waals surface area contributed by atoms with Gasteiger partial charge in [0.1, 0.15) is 17.6 Å². The van der Waals surface area contributed by atoms with Crippen molar-refractivity contribution in [3.8, 4) is 11.3 Å². The Balaban J connectivity index is 1.41. The molecule has 2 aromatic carbocycles. The summed E-state index contributed by atoms with van der Waals surface area (Å²) in [5.74, 6) is 1.26. The van der Waals surface area contributed by atoms with Gasteiger partial charge in [-0.2, -0.15) is 0 Å². The van der Waals surface area contributed by atoms with E-state index in [-0.39, 0.29) is 24.4 Å². The molecule has 4 aromatic rings. The number of anilines is 1. The molecule has 2 aromatic heterocycles. The summed E-state index contributed by atoms with van der Waals surface area (Å²) in [5, 5.41) is 7.77. The Morgan fingerprint density at radius 2 is 1.83 bits per heavy atom. The second-order valence-electron chi connectivity index (χ2n) is 8.32. The Bertz CT molecular complexity index is 1380. The van der Waals surface area contributed by atoms with E-state index in [1.54, 1.807) is 18.3 Å². The van der Waals surface area contributed by atoms with Crippen molar-refractivity contribution in [2.75, 3.05) is 11.9 Å². The SMILES string of the molecule is O=C(CCN1C(=S)N[C@H](c2ccccn2)[C@H]1c1ccc(-c2ccc(Cl)c(Cl)c2)o1)Nc1ccccc1. The number of rotatable bonds is 7. The zero-order valence-corrected chi connectivity index (χ0v) is 21.4. The fourth-order valence-electron chi connectivity index (χ4n) is 4.24. The number of carbonyl (C=O) groups excluding carboxylic acids is 1. The maximum absolute atomic E-state index is 12.7. The van der Waals surface area contributed by atoms with Crippen LogP contribution in [-0.2, 0) is 4.79 Å². The van der Waals surface area contributed by atoms with Gasteiger partial charge in [-0.1, -0.05) is 47.5 Å². The normalized spacial score (nSPS) is 17.2. The van der Waals surface area contributed by atoms with E-state index >= 15 is 0 Å². The van der Waals surface area contributed by atoms with Crippen molar-refractivity contribution < 1.29 is 9.21 Å². The smallest absolute Gasteiger partial charge is 0.226 e. The summed E-state index contributed by atoms with van der Waals surface area (Å²) in [4.78, 5) is 19.2. The predicted molar refractivity (Wildman–Crippen MR) is 146 cm³/mol. The number of thiocarbonyl (C=S) groups is 1. The van der Waals surface area contributed by atoms with Crippen LogP contribution in [0.4, 0.5) is 5.69 Å². The van der Waals surface area contributed by atoms with Crippen molar-refractivity contribution >= 4 is 52.1 Å². The number of para-hydroxylation sites is 1. The fourth-order valence-corrected chi connectivity index (χ4v) is 4.87. The Morgan fingerprint density at radius 1 is 1.03 bits per heavy atom. The van der Waals surface area contributed by atoms with Crippen LogP contribution in [0.25, 0.3) is 11.3 Å². The summed E-state index contributed by atoms with van der Waals surface area (Å²) in [5.41, 5.74) is 2.39. The molecule has 2 atom stereocenters. The van der Waals surface area contributed by atoms with Crippen LogP contribution in [-0.4, -0.2) is 27.4 Å². The van der Waals surface area contributed by atoms with Gasteiger partial charge in [0.15, 0.2) is 5.11 Å². The third-order valence-electron chi connectivity index (χ3n) is 5.96. The lowest BCUT2D eigenvalue weighted by molar-refractivity contribution is -0.116. The van der Waals surface area contributed by atoms with E-state index in [0.29, 0.717) is 33.2 Å². The van der Waals surface area contributed by atoms with Crippen molar-refractivity contribution in [2.24, 2.45) is 0 Å². The van der Waals surface area contributed by atoms with Crippen LogP contribution >= 0.6 is 35.4 Å². The third-order valence-corrected chi connectivity index (χ3v) is 7.05. The number of hydrogen-bond acceptors (Lipinski definition) is 4. The van der Waals surface area contributed by atoms with Gasteiger partial charge in [-0.05, 0) is 66.8 Å². The van der Waals surface area contributed by atoms with E-state index < -0.39 is 0 Å². The zero-order chi connectivity index (χ0) is 25.1. The van der Waals surface area contributed by atoms with Crippen molar-refractivity contribution in [3.05, 3.63) is 107 Å². The Kier molecular flexibility index (Phi) is 7.23. The molecule has 1 aliphatic rings. The Labute approximate surface area is 224 Å². The minimum Gasteiger partial charge on any atom is -0.459 e. The highest BCUT2D eigenvalue weighted by Crippen LogP contribution is 2.41. The Morgan fingerprint density at radius 3 is 2.58 bits per heavy atom. The first-order valence-corrected chi connectivity index (χ1v) is 12.5. The zero-order valence-electron chi connectivity index (χ0n) is 19.0. The Hall–Kier alpha value is -3.39. The number of furan rings is 1. The van der Waals surface area contributed by atoms with Gasteiger partial charge >= 0.3 is 0 Å². The highest BCUT2D eigenvalue weighted by Gasteiger charge is 2.41. The van der Waals surface area contributed by atoms with Crippen molar-refractivity contribution in [1.29, 1.82) is 0 Å². The molecule has 6 nitrogen and oxygen atoms in total. The average molecular weight is 537 g/mol. The number of aromatic nitrogens is 1. The van der Waals surface area contributed by atoms with E-state index in [9.17, 15) is 4.79 Å². The highest BCUT2D eigenvalue weighted by molar-refractivity contribution is 7.80. The molecule has 5 rings (SSSR count). The average Bonchev–Trinajstić information content (AvgIpc) is 3.50. The molecule has 1 amide bonds. The molecule has 1 aliphatic heterocycles. The number of amides is 1. The molecule has 36 heavy (non-hydrogen) atoms. The molecule has 2 N–H and O–H groups in total. The molecule has 1 fully saturated rings. The number of benzene rings is 2. The van der Waals surface area contributed by atoms with Gasteiger partial charge in [0, 0.05) is 30.4 Å². The molecule has 1 saturated heterocycles. The van der Waals surface area contributed by atoms with Crippen molar-refractivity contribution in [3.63, 3.8) is 0 Å². The van der Waals surface area contributed by atoms with E-state index in [1.165, 1.54) is 0 Å². The molecule has 0 saturated carbocycles. The third kappa shape index (κ3) is 5.23. The van der Waals surface area contributed by atoms with E-state index in [4.69, 9.17) is 39.8 Å². The fraction of sp³-hybridized carbons (Fsp3) is 0.148. The maximum Gasteiger partial charge on any atom is 0.226 e. The lowest BCUT2D eigenvalue weighted by Crippen LogP contribution is -2.32. The number of halogens is 2. The van der Waals surface area contributed by atoms with Crippen LogP contribution in [0.15, 0.2) is 89.5 Å². The van der Waals surface area contributed by atoms with E-state index in [2.05, 4.69) is 15.6 Å². The number of nitrogens with one attached hydrogen (secondary N) is 2. The summed E-state index contributed by atoms with van der Waals surface area (Å²) in [6, 6.07) is 23.8. The van der Waals surface area contributed by atoms with Crippen LogP contribution in [0.2, 0.25) is 10.0 Å². The molecule has 0 bridgehead atoms. The van der Waals surface area contributed by atoms with Gasteiger partial charge in [0.2, 0.25) is 5.91 Å². The predicted octanol–water partition coefficient (Wildman–Crippen LogP) is 6.65. The van der Waals surface area contributed by atoms with Crippen molar-refractivity contribution in [1.82, 2.24) is 15.2 Å². The molecular formula is C27H22Cl2N4O2S. The topological polar surface area (TPSA) is 70.4 Å². The lowest BCUT2D eigenvalue weighted by Gasteiger charge is -2.25. The summed E-state index contributed by atoms with van der Waals surface area (Å²) in [6.45, 7) is 0.404. The standard InChI is InChI=1S/C27H22Cl2N4O2S/c28-19-10-9-17(16-20(19)29)22-11-12-23(35-22)26-25(21-8-4-5-14-30-21)32-27(36)33(26)15-13-24(34)31-18-6-2-1-3-7-18/h1-12,14,16,25-26H,13,15H2,(H,31,34)(H,32,36)/t25-,26-/m1/s1. The van der Waals surface area contributed by atoms with Gasteiger partial charge < -0.3 is 20.0 Å². The first kappa shape index (κ1) is 24.3. The van der Waals surface area contributed by atoms with E-state index in [0.717, 1.165) is 16.9 Å². The largest absolute Gasteiger partial charge is 0.459 e. The summed E-state index contributed by atoms with van der Waals surface area (Å²) >= 11 is 18.0. The summed E-state index contributed by atoms with van der Waals surface area (Å²) < 4.78 is 6.31. The number of pyridine rings is 1. The molecule has 0 radical (unpaired) electrons. The highest BCUT2D eigenvalue weighted by atomic mass is 35.5. The first-order chi connectivity index (χ1) is 17.5. The minimum atomic E-state index is -0.298. The molecule has 3 heterocycles. The summed E-state index contributed by atoms with van der Waals surface area (Å²) in [6.07, 6.45) is 2.00. The van der Waals surface area contributed by atoms with E-state index in [1.807, 2.05) is 71.6 Å². The summed E-state index contributed by atoms with van der Waals surface area (Å²) in [7, 11) is 0. The number of hydrogen-bond donors (Lipinski definition) is 2. The van der Waals surface area contributed by atoms with Crippen LogP contribution in [0, 0.1) is 0 Å². The molecule has 0 unspecified atom stereocenters. The second-order valence-corrected chi connectivity index (χ2v) is 9.52. The van der Waals surface area contributed by atoms with Crippen LogP contribution < -0.4 is 10.6 Å². The molecular weight excluding hydrogens is 515 g/mol. The molecule has 0 aliphatic carbocycles. The molecule has 0 spiro atoms. The minimum absolute atomic E-state index is 0.0972. The van der Waals surface area contributed by atoms with Gasteiger partial charge in [-0.25, -0.2) is 0 Å². The number of nitrogens with zero attached hydrogens (tertiary/aromatic N) is 2. The van der Waals surface area contributed by atoms with Gasteiger partial charge in [0.05, 0.1) is 21.8 Å². The monoisotopic (exact) mass is 536 g/mol. The molecule has 182 valence electrons. The number of carbonyl (C=O) groups is 1. The van der Waals surface area contributed by atoms with Crippen LogP contribution in [0.3, 0.4) is 0 Å². The quantitative estimate of drug-likeness (QED) is 0.257. The van der Waals surface area contributed by atoms with Crippen LogP contribution in [0.1, 0.15) is 30.0 Å². The molecule has 9 heteroatoms. The van der Waals surface area contributed by atoms with Gasteiger partial charge in [-0.3, -0.25) is 9.78 Å².